The van der Waals surface area contributed by atoms with E-state index >= 15 is 0 Å². The van der Waals surface area contributed by atoms with E-state index in [-0.39, 0.29) is 34.4 Å². The summed E-state index contributed by atoms with van der Waals surface area (Å²) in [5, 5.41) is 11.4. The fraction of sp³-hybridized carbons (Fsp3) is 0.474. The van der Waals surface area contributed by atoms with Crippen LogP contribution in [0.3, 0.4) is 0 Å². The molecule has 0 spiro atoms. The predicted molar refractivity (Wildman–Crippen MR) is 99.5 cm³/mol. The maximum absolute atomic E-state index is 14.8. The highest BCUT2D eigenvalue weighted by Gasteiger charge is 2.42. The van der Waals surface area contributed by atoms with Crippen LogP contribution in [-0.4, -0.2) is 45.2 Å². The number of aromatic nitrogens is 4. The fourth-order valence-electron chi connectivity index (χ4n) is 3.55. The Kier molecular flexibility index (Phi) is 5.42. The number of nitrogens with zero attached hydrogens (tertiary/aromatic N) is 4. The van der Waals surface area contributed by atoms with Gasteiger partial charge in [-0.25, -0.2) is 9.18 Å². The standard InChI is InChI=1S/C19H19F4N5O3/c1-9(2)14-13-12(30-17(29)19(21,22)23)4-3-11(20)15(13)28(26-14)18-25-16(31-27-18)10-5-7-24-8-6-10/h3-4,9-10,24H,5-8H2,1-2H3. The van der Waals surface area contributed by atoms with Gasteiger partial charge in [-0.05, 0) is 49.1 Å². The van der Waals surface area contributed by atoms with Gasteiger partial charge in [0.15, 0.2) is 0 Å². The van der Waals surface area contributed by atoms with Crippen LogP contribution >= 0.6 is 0 Å². The molecule has 1 N–H and O–H groups in total. The van der Waals surface area contributed by atoms with Gasteiger partial charge in [-0.3, -0.25) is 0 Å². The first-order chi connectivity index (χ1) is 14.7. The molecule has 1 aromatic carbocycles. The van der Waals surface area contributed by atoms with E-state index in [0.29, 0.717) is 5.89 Å². The number of esters is 1. The van der Waals surface area contributed by atoms with E-state index < -0.39 is 23.7 Å². The fourth-order valence-corrected chi connectivity index (χ4v) is 3.55. The predicted octanol–water partition coefficient (Wildman–Crippen LogP) is 3.61. The number of nitrogens with one attached hydrogen (secondary N) is 1. The Hall–Kier alpha value is -3.02. The van der Waals surface area contributed by atoms with Crippen LogP contribution in [0.4, 0.5) is 17.6 Å². The molecule has 3 heterocycles. The quantitative estimate of drug-likeness (QED) is 0.376. The van der Waals surface area contributed by atoms with Crippen molar-refractivity contribution in [2.24, 2.45) is 0 Å². The lowest BCUT2D eigenvalue weighted by molar-refractivity contribution is -0.189. The van der Waals surface area contributed by atoms with Crippen molar-refractivity contribution in [2.45, 2.75) is 44.7 Å². The van der Waals surface area contributed by atoms with Gasteiger partial charge in [0.25, 0.3) is 5.95 Å². The minimum absolute atomic E-state index is 0.0436. The molecule has 3 aromatic rings. The third-order valence-corrected chi connectivity index (χ3v) is 5.06. The summed E-state index contributed by atoms with van der Waals surface area (Å²) in [6.07, 6.45) is -3.61. The number of alkyl halides is 3. The zero-order chi connectivity index (χ0) is 22.3. The molecular formula is C19H19F4N5O3. The smallest absolute Gasteiger partial charge is 0.419 e. The molecule has 0 aliphatic carbocycles. The molecule has 4 rings (SSSR count). The number of benzene rings is 1. The number of piperidine rings is 1. The van der Waals surface area contributed by atoms with Crippen molar-refractivity contribution in [2.75, 3.05) is 13.1 Å². The SMILES string of the molecule is CC(C)c1nn(-c2noc(C3CCNCC3)n2)c2c(F)ccc(OC(=O)C(F)(F)F)c12. The first-order valence-corrected chi connectivity index (χ1v) is 9.71. The van der Waals surface area contributed by atoms with Gasteiger partial charge in [0.2, 0.25) is 5.89 Å². The number of carbonyl (C=O) groups is 1. The Balaban J connectivity index is 1.83. The summed E-state index contributed by atoms with van der Waals surface area (Å²) in [6, 6.07) is 1.87. The monoisotopic (exact) mass is 441 g/mol. The van der Waals surface area contributed by atoms with Crippen LogP contribution in [0.15, 0.2) is 16.7 Å². The summed E-state index contributed by atoms with van der Waals surface area (Å²) >= 11 is 0. The zero-order valence-corrected chi connectivity index (χ0v) is 16.7. The second-order valence-corrected chi connectivity index (χ2v) is 7.57. The molecule has 0 saturated carbocycles. The van der Waals surface area contributed by atoms with Gasteiger partial charge in [0.05, 0.1) is 11.1 Å². The van der Waals surface area contributed by atoms with Crippen LogP contribution in [-0.2, 0) is 4.79 Å². The number of ether oxygens (including phenoxy) is 1. The van der Waals surface area contributed by atoms with E-state index in [1.807, 2.05) is 0 Å². The summed E-state index contributed by atoms with van der Waals surface area (Å²) in [5.41, 5.74) is 0.0292. The van der Waals surface area contributed by atoms with Crippen LogP contribution in [0.2, 0.25) is 0 Å². The van der Waals surface area contributed by atoms with Crippen molar-refractivity contribution in [3.63, 3.8) is 0 Å². The number of hydrogen-bond donors (Lipinski definition) is 1. The Labute approximate surface area is 173 Å². The molecule has 0 amide bonds. The lowest BCUT2D eigenvalue weighted by atomic mass is 9.98. The molecule has 1 aliphatic heterocycles. The molecule has 1 saturated heterocycles. The summed E-state index contributed by atoms with van der Waals surface area (Å²) < 4.78 is 63.9. The van der Waals surface area contributed by atoms with E-state index in [1.54, 1.807) is 13.8 Å². The molecule has 1 fully saturated rings. The average Bonchev–Trinajstić information content (AvgIpc) is 3.35. The minimum atomic E-state index is -5.20. The third-order valence-electron chi connectivity index (χ3n) is 5.06. The normalized spacial score (nSPS) is 15.7. The summed E-state index contributed by atoms with van der Waals surface area (Å²) in [4.78, 5) is 15.7. The lowest BCUT2D eigenvalue weighted by Gasteiger charge is -2.18. The maximum Gasteiger partial charge on any atom is 0.491 e. The highest BCUT2D eigenvalue weighted by atomic mass is 19.4. The van der Waals surface area contributed by atoms with Crippen molar-refractivity contribution >= 4 is 16.9 Å². The molecule has 2 aromatic heterocycles. The number of halogens is 4. The lowest BCUT2D eigenvalue weighted by Crippen LogP contribution is -2.28. The Bertz CT molecular complexity index is 1120. The highest BCUT2D eigenvalue weighted by Crippen LogP contribution is 2.36. The average molecular weight is 441 g/mol. The third kappa shape index (κ3) is 3.99. The van der Waals surface area contributed by atoms with E-state index in [2.05, 4.69) is 25.3 Å². The summed E-state index contributed by atoms with van der Waals surface area (Å²) in [6.45, 7) is 5.05. The van der Waals surface area contributed by atoms with Crippen molar-refractivity contribution in [3.05, 3.63) is 29.5 Å². The zero-order valence-electron chi connectivity index (χ0n) is 16.7. The number of fused-ring (bicyclic) bond motifs is 1. The van der Waals surface area contributed by atoms with E-state index in [9.17, 15) is 22.4 Å². The van der Waals surface area contributed by atoms with Gasteiger partial charge in [-0.1, -0.05) is 13.8 Å². The first kappa shape index (κ1) is 21.2. The molecule has 0 radical (unpaired) electrons. The van der Waals surface area contributed by atoms with Crippen molar-refractivity contribution < 1.29 is 31.6 Å². The molecule has 0 atom stereocenters. The molecule has 8 nitrogen and oxygen atoms in total. The largest absolute Gasteiger partial charge is 0.491 e. The second kappa shape index (κ2) is 7.91. The highest BCUT2D eigenvalue weighted by molar-refractivity contribution is 5.92. The van der Waals surface area contributed by atoms with Gasteiger partial charge < -0.3 is 14.6 Å². The Morgan fingerprint density at radius 1 is 1.29 bits per heavy atom. The van der Waals surface area contributed by atoms with Crippen LogP contribution in [0.25, 0.3) is 16.9 Å². The molecule has 1 aliphatic rings. The van der Waals surface area contributed by atoms with Crippen molar-refractivity contribution in [1.82, 2.24) is 25.2 Å². The summed E-state index contributed by atoms with van der Waals surface area (Å²) in [5.74, 6) is -3.59. The molecule has 12 heteroatoms. The van der Waals surface area contributed by atoms with Crippen molar-refractivity contribution in [1.29, 1.82) is 0 Å². The number of rotatable bonds is 4. The minimum Gasteiger partial charge on any atom is -0.419 e. The molecule has 31 heavy (non-hydrogen) atoms. The number of hydrogen-bond acceptors (Lipinski definition) is 7. The van der Waals surface area contributed by atoms with Crippen molar-refractivity contribution in [3.8, 4) is 11.7 Å². The Morgan fingerprint density at radius 2 is 2.00 bits per heavy atom. The molecule has 166 valence electrons. The number of carbonyl (C=O) groups excluding carboxylic acids is 1. The van der Waals surface area contributed by atoms with E-state index in [0.717, 1.165) is 42.7 Å². The van der Waals surface area contributed by atoms with Crippen LogP contribution < -0.4 is 10.1 Å². The van der Waals surface area contributed by atoms with Gasteiger partial charge >= 0.3 is 12.1 Å². The van der Waals surface area contributed by atoms with Gasteiger partial charge in [0.1, 0.15) is 17.1 Å². The maximum atomic E-state index is 14.8. The molecular weight excluding hydrogens is 422 g/mol. The topological polar surface area (TPSA) is 95.1 Å². The van der Waals surface area contributed by atoms with Crippen LogP contribution in [0.1, 0.15) is 50.1 Å². The van der Waals surface area contributed by atoms with E-state index in [1.165, 1.54) is 0 Å². The van der Waals surface area contributed by atoms with Crippen LogP contribution in [0, 0.1) is 5.82 Å². The first-order valence-electron chi connectivity index (χ1n) is 9.71. The van der Waals surface area contributed by atoms with E-state index in [4.69, 9.17) is 4.52 Å². The summed E-state index contributed by atoms with van der Waals surface area (Å²) in [7, 11) is 0. The Morgan fingerprint density at radius 3 is 2.65 bits per heavy atom. The van der Waals surface area contributed by atoms with Gasteiger partial charge in [-0.15, -0.1) is 0 Å². The van der Waals surface area contributed by atoms with Gasteiger partial charge in [-0.2, -0.15) is 27.9 Å². The second-order valence-electron chi connectivity index (χ2n) is 7.57. The van der Waals surface area contributed by atoms with Gasteiger partial charge in [0, 0.05) is 5.92 Å². The van der Waals surface area contributed by atoms with Crippen LogP contribution in [0.5, 0.6) is 5.75 Å². The molecule has 0 bridgehead atoms. The molecule has 0 unspecified atom stereocenters.